The van der Waals surface area contributed by atoms with Gasteiger partial charge >= 0.3 is 0 Å². The highest BCUT2D eigenvalue weighted by atomic mass is 16.1. The van der Waals surface area contributed by atoms with Crippen molar-refractivity contribution in [2.24, 2.45) is 0 Å². The van der Waals surface area contributed by atoms with E-state index in [-0.39, 0.29) is 12.3 Å². The molecule has 4 nitrogen and oxygen atoms in total. The van der Waals surface area contributed by atoms with Gasteiger partial charge in [-0.15, -0.1) is 0 Å². The highest BCUT2D eigenvalue weighted by Gasteiger charge is 2.16. The van der Waals surface area contributed by atoms with Crippen LogP contribution in [0.5, 0.6) is 0 Å². The maximum atomic E-state index is 12.0. The predicted molar refractivity (Wildman–Crippen MR) is 67.9 cm³/mol. The van der Waals surface area contributed by atoms with E-state index in [0.29, 0.717) is 17.3 Å². The lowest BCUT2D eigenvalue weighted by atomic mass is 9.95. The predicted octanol–water partition coefficient (Wildman–Crippen LogP) is 2.21. The molecule has 1 aromatic rings. The van der Waals surface area contributed by atoms with Crippen LogP contribution in [0.2, 0.25) is 0 Å². The van der Waals surface area contributed by atoms with Crippen LogP contribution in [0.15, 0.2) is 18.3 Å². The normalized spacial score (nSPS) is 15.9. The summed E-state index contributed by atoms with van der Waals surface area (Å²) in [6.45, 7) is 0. The largest absolute Gasteiger partial charge is 0.349 e. The Hall–Kier alpha value is -1.89. The SMILES string of the molecule is N#CCc1cc(C(=O)NC2CCCCC2)ccn1. The monoisotopic (exact) mass is 243 g/mol. The molecule has 1 aliphatic carbocycles. The fourth-order valence-corrected chi connectivity index (χ4v) is 2.31. The summed E-state index contributed by atoms with van der Waals surface area (Å²) in [4.78, 5) is 16.1. The molecule has 0 aliphatic heterocycles. The standard InChI is InChI=1S/C14H17N3O/c15-8-6-13-10-11(7-9-16-13)14(18)17-12-4-2-1-3-5-12/h7,9-10,12H,1-6H2,(H,17,18). The first-order chi connectivity index (χ1) is 8.79. The Balaban J connectivity index is 1.99. The van der Waals surface area contributed by atoms with Gasteiger partial charge in [0, 0.05) is 17.8 Å². The molecule has 0 saturated heterocycles. The van der Waals surface area contributed by atoms with Gasteiger partial charge in [-0.1, -0.05) is 19.3 Å². The number of hydrogen-bond acceptors (Lipinski definition) is 3. The number of rotatable bonds is 3. The van der Waals surface area contributed by atoms with E-state index >= 15 is 0 Å². The summed E-state index contributed by atoms with van der Waals surface area (Å²) >= 11 is 0. The van der Waals surface area contributed by atoms with Crippen molar-refractivity contribution in [3.8, 4) is 6.07 Å². The lowest BCUT2D eigenvalue weighted by Gasteiger charge is -2.22. The van der Waals surface area contributed by atoms with Crippen LogP contribution >= 0.6 is 0 Å². The molecule has 94 valence electrons. The summed E-state index contributed by atoms with van der Waals surface area (Å²) in [6, 6.07) is 5.73. The van der Waals surface area contributed by atoms with E-state index in [4.69, 9.17) is 5.26 Å². The molecule has 1 N–H and O–H groups in total. The number of nitriles is 1. The Bertz CT molecular complexity index is 458. The zero-order valence-electron chi connectivity index (χ0n) is 10.4. The number of nitrogens with zero attached hydrogens (tertiary/aromatic N) is 2. The molecule has 1 aromatic heterocycles. The van der Waals surface area contributed by atoms with E-state index in [1.807, 2.05) is 6.07 Å². The molecule has 0 radical (unpaired) electrons. The molecule has 1 aliphatic rings. The van der Waals surface area contributed by atoms with Gasteiger partial charge in [-0.25, -0.2) is 0 Å². The maximum absolute atomic E-state index is 12.0. The number of carbonyl (C=O) groups is 1. The van der Waals surface area contributed by atoms with Crippen molar-refractivity contribution in [1.29, 1.82) is 5.26 Å². The maximum Gasteiger partial charge on any atom is 0.251 e. The third-order valence-corrected chi connectivity index (χ3v) is 3.28. The number of hydrogen-bond donors (Lipinski definition) is 1. The zero-order chi connectivity index (χ0) is 12.8. The molecule has 1 amide bonds. The van der Waals surface area contributed by atoms with Crippen LogP contribution in [0, 0.1) is 11.3 Å². The molecule has 1 fully saturated rings. The van der Waals surface area contributed by atoms with Crippen LogP contribution in [0.3, 0.4) is 0 Å². The van der Waals surface area contributed by atoms with Crippen LogP contribution < -0.4 is 5.32 Å². The molecule has 0 unspecified atom stereocenters. The Kier molecular flexibility index (Phi) is 4.30. The van der Waals surface area contributed by atoms with Gasteiger partial charge in [0.25, 0.3) is 5.91 Å². The van der Waals surface area contributed by atoms with Crippen molar-refractivity contribution in [3.05, 3.63) is 29.6 Å². The van der Waals surface area contributed by atoms with E-state index < -0.39 is 0 Å². The van der Waals surface area contributed by atoms with E-state index in [1.54, 1.807) is 18.3 Å². The van der Waals surface area contributed by atoms with Gasteiger partial charge in [-0.2, -0.15) is 5.26 Å². The number of pyridine rings is 1. The van der Waals surface area contributed by atoms with Crippen molar-refractivity contribution in [1.82, 2.24) is 10.3 Å². The summed E-state index contributed by atoms with van der Waals surface area (Å²) in [6.07, 6.45) is 7.63. The second kappa shape index (κ2) is 6.15. The van der Waals surface area contributed by atoms with E-state index in [1.165, 1.54) is 19.3 Å². The van der Waals surface area contributed by atoms with E-state index in [0.717, 1.165) is 12.8 Å². The molecule has 4 heteroatoms. The summed E-state index contributed by atoms with van der Waals surface area (Å²) in [7, 11) is 0. The number of amides is 1. The first-order valence-electron chi connectivity index (χ1n) is 6.42. The highest BCUT2D eigenvalue weighted by Crippen LogP contribution is 2.17. The van der Waals surface area contributed by atoms with Gasteiger partial charge in [0.15, 0.2) is 0 Å². The molecule has 18 heavy (non-hydrogen) atoms. The van der Waals surface area contributed by atoms with Crippen LogP contribution in [0.1, 0.15) is 48.2 Å². The lowest BCUT2D eigenvalue weighted by molar-refractivity contribution is 0.0927. The van der Waals surface area contributed by atoms with Crippen molar-refractivity contribution < 1.29 is 4.79 Å². The van der Waals surface area contributed by atoms with Gasteiger partial charge in [0.2, 0.25) is 0 Å². The van der Waals surface area contributed by atoms with Crippen LogP contribution in [0.4, 0.5) is 0 Å². The second-order valence-electron chi connectivity index (χ2n) is 4.68. The Morgan fingerprint density at radius 1 is 1.44 bits per heavy atom. The van der Waals surface area contributed by atoms with Gasteiger partial charge in [-0.3, -0.25) is 9.78 Å². The van der Waals surface area contributed by atoms with Crippen LogP contribution in [-0.2, 0) is 6.42 Å². The van der Waals surface area contributed by atoms with Crippen molar-refractivity contribution >= 4 is 5.91 Å². The molecular formula is C14H17N3O. The zero-order valence-corrected chi connectivity index (χ0v) is 10.4. The molecule has 0 spiro atoms. The Labute approximate surface area is 107 Å². The molecule has 1 saturated carbocycles. The third-order valence-electron chi connectivity index (χ3n) is 3.28. The van der Waals surface area contributed by atoms with Gasteiger partial charge < -0.3 is 5.32 Å². The van der Waals surface area contributed by atoms with Crippen molar-refractivity contribution in [2.45, 2.75) is 44.6 Å². The minimum Gasteiger partial charge on any atom is -0.349 e. The lowest BCUT2D eigenvalue weighted by Crippen LogP contribution is -2.36. The molecule has 2 rings (SSSR count). The number of nitrogens with one attached hydrogen (secondary N) is 1. The van der Waals surface area contributed by atoms with Crippen molar-refractivity contribution in [2.75, 3.05) is 0 Å². The average Bonchev–Trinajstić information content (AvgIpc) is 2.40. The van der Waals surface area contributed by atoms with Gasteiger partial charge in [-0.05, 0) is 25.0 Å². The minimum absolute atomic E-state index is 0.0523. The molecule has 1 heterocycles. The highest BCUT2D eigenvalue weighted by molar-refractivity contribution is 5.94. The summed E-state index contributed by atoms with van der Waals surface area (Å²) in [5.41, 5.74) is 1.25. The molecule has 0 aromatic carbocycles. The summed E-state index contributed by atoms with van der Waals surface area (Å²) in [5, 5.41) is 11.7. The Morgan fingerprint density at radius 2 is 2.22 bits per heavy atom. The first kappa shape index (κ1) is 12.6. The third kappa shape index (κ3) is 3.30. The van der Waals surface area contributed by atoms with Gasteiger partial charge in [0.05, 0.1) is 18.2 Å². The number of aromatic nitrogens is 1. The fraction of sp³-hybridized carbons (Fsp3) is 0.500. The molecule has 0 bridgehead atoms. The fourth-order valence-electron chi connectivity index (χ4n) is 2.31. The van der Waals surface area contributed by atoms with Crippen LogP contribution in [-0.4, -0.2) is 16.9 Å². The summed E-state index contributed by atoms with van der Waals surface area (Å²) < 4.78 is 0. The van der Waals surface area contributed by atoms with Crippen LogP contribution in [0.25, 0.3) is 0 Å². The molecule has 0 atom stereocenters. The number of carbonyl (C=O) groups excluding carboxylic acids is 1. The van der Waals surface area contributed by atoms with Crippen molar-refractivity contribution in [3.63, 3.8) is 0 Å². The Morgan fingerprint density at radius 3 is 2.94 bits per heavy atom. The average molecular weight is 243 g/mol. The minimum atomic E-state index is -0.0523. The summed E-state index contributed by atoms with van der Waals surface area (Å²) in [5.74, 6) is -0.0523. The topological polar surface area (TPSA) is 65.8 Å². The molecular weight excluding hydrogens is 226 g/mol. The second-order valence-corrected chi connectivity index (χ2v) is 4.68. The van der Waals surface area contributed by atoms with E-state index in [9.17, 15) is 4.79 Å². The quantitative estimate of drug-likeness (QED) is 0.885. The van der Waals surface area contributed by atoms with E-state index in [2.05, 4.69) is 10.3 Å². The smallest absolute Gasteiger partial charge is 0.251 e. The first-order valence-corrected chi connectivity index (χ1v) is 6.42. The van der Waals surface area contributed by atoms with Gasteiger partial charge in [0.1, 0.15) is 0 Å².